The number of rotatable bonds is 4. The summed E-state index contributed by atoms with van der Waals surface area (Å²) in [6, 6.07) is 1.63. The molecule has 1 aliphatic rings. The largest absolute Gasteiger partial charge is 0.316 e. The summed E-state index contributed by atoms with van der Waals surface area (Å²) >= 11 is 0. The Labute approximate surface area is 97.3 Å². The van der Waals surface area contributed by atoms with Gasteiger partial charge in [-0.2, -0.15) is 5.26 Å². The topological polar surface area (TPSA) is 82.0 Å². The molecule has 0 saturated carbocycles. The van der Waals surface area contributed by atoms with Gasteiger partial charge in [0.2, 0.25) is 10.0 Å². The minimum absolute atomic E-state index is 0.117. The number of sulfonamides is 1. The van der Waals surface area contributed by atoms with Crippen molar-refractivity contribution in [2.24, 2.45) is 5.92 Å². The SMILES string of the molecule is CC(NS(=O)(=O)C(C)C#N)C1CCCNC1. The zero-order valence-corrected chi connectivity index (χ0v) is 10.5. The Morgan fingerprint density at radius 3 is 2.69 bits per heavy atom. The van der Waals surface area contributed by atoms with Crippen molar-refractivity contribution in [3.05, 3.63) is 0 Å². The third kappa shape index (κ3) is 3.44. The van der Waals surface area contributed by atoms with Crippen molar-refractivity contribution >= 4 is 10.0 Å². The molecule has 0 aromatic carbocycles. The van der Waals surface area contributed by atoms with Crippen LogP contribution in [-0.2, 0) is 10.0 Å². The van der Waals surface area contributed by atoms with E-state index in [1.807, 2.05) is 6.92 Å². The fourth-order valence-corrected chi connectivity index (χ4v) is 2.89. The zero-order valence-electron chi connectivity index (χ0n) is 9.73. The maximum atomic E-state index is 11.7. The molecular weight excluding hydrogens is 226 g/mol. The number of hydrogen-bond donors (Lipinski definition) is 2. The van der Waals surface area contributed by atoms with Crippen LogP contribution in [0.1, 0.15) is 26.7 Å². The van der Waals surface area contributed by atoms with Crippen molar-refractivity contribution in [1.29, 1.82) is 5.26 Å². The predicted octanol–water partition coefficient (Wildman–Crippen LogP) is 0.206. The van der Waals surface area contributed by atoms with Gasteiger partial charge in [-0.05, 0) is 45.7 Å². The number of nitrogens with zero attached hydrogens (tertiary/aromatic N) is 1. The van der Waals surface area contributed by atoms with Crippen LogP contribution in [0.15, 0.2) is 0 Å². The lowest BCUT2D eigenvalue weighted by Gasteiger charge is -2.29. The summed E-state index contributed by atoms with van der Waals surface area (Å²) in [5, 5.41) is 10.9. The molecular formula is C10H19N3O2S. The summed E-state index contributed by atoms with van der Waals surface area (Å²) in [7, 11) is -3.50. The first-order chi connectivity index (χ1) is 7.47. The van der Waals surface area contributed by atoms with E-state index in [9.17, 15) is 8.42 Å². The lowest BCUT2D eigenvalue weighted by molar-refractivity contribution is 0.320. The van der Waals surface area contributed by atoms with Gasteiger partial charge in [-0.15, -0.1) is 0 Å². The molecule has 1 saturated heterocycles. The van der Waals surface area contributed by atoms with Crippen molar-refractivity contribution in [2.75, 3.05) is 13.1 Å². The molecule has 5 nitrogen and oxygen atoms in total. The number of nitrogens with one attached hydrogen (secondary N) is 2. The van der Waals surface area contributed by atoms with E-state index in [0.29, 0.717) is 5.92 Å². The van der Waals surface area contributed by atoms with E-state index in [1.54, 1.807) is 6.07 Å². The molecule has 1 rings (SSSR count). The Bertz CT molecular complexity index is 355. The van der Waals surface area contributed by atoms with E-state index in [0.717, 1.165) is 25.9 Å². The Kier molecular flexibility index (Phi) is 4.71. The van der Waals surface area contributed by atoms with Gasteiger partial charge < -0.3 is 5.32 Å². The van der Waals surface area contributed by atoms with Crippen LogP contribution in [0.25, 0.3) is 0 Å². The third-order valence-corrected chi connectivity index (χ3v) is 4.78. The Morgan fingerprint density at radius 1 is 1.50 bits per heavy atom. The molecule has 2 N–H and O–H groups in total. The molecule has 0 amide bonds. The normalized spacial score (nSPS) is 25.7. The summed E-state index contributed by atoms with van der Waals surface area (Å²) < 4.78 is 25.9. The molecule has 1 aliphatic heterocycles. The average molecular weight is 245 g/mol. The minimum atomic E-state index is -3.50. The predicted molar refractivity (Wildman–Crippen MR) is 62.2 cm³/mol. The summed E-state index contributed by atoms with van der Waals surface area (Å²) in [4.78, 5) is 0. The van der Waals surface area contributed by atoms with Gasteiger partial charge in [0.1, 0.15) is 0 Å². The molecule has 3 atom stereocenters. The number of nitriles is 1. The summed E-state index contributed by atoms with van der Waals surface area (Å²) in [5.74, 6) is 0.314. The number of piperidine rings is 1. The maximum Gasteiger partial charge on any atom is 0.227 e. The van der Waals surface area contributed by atoms with Crippen LogP contribution in [0.3, 0.4) is 0 Å². The van der Waals surface area contributed by atoms with Crippen LogP contribution in [0.4, 0.5) is 0 Å². The summed E-state index contributed by atoms with van der Waals surface area (Å²) in [6.45, 7) is 5.10. The Balaban J connectivity index is 2.56. The molecule has 0 aromatic heterocycles. The quantitative estimate of drug-likeness (QED) is 0.741. The van der Waals surface area contributed by atoms with Gasteiger partial charge in [-0.3, -0.25) is 0 Å². The molecule has 0 radical (unpaired) electrons. The second-order valence-corrected chi connectivity index (χ2v) is 6.36. The van der Waals surface area contributed by atoms with E-state index in [2.05, 4.69) is 10.0 Å². The zero-order chi connectivity index (χ0) is 12.2. The van der Waals surface area contributed by atoms with Crippen LogP contribution in [0, 0.1) is 17.2 Å². The average Bonchev–Trinajstić information content (AvgIpc) is 2.28. The molecule has 0 spiro atoms. The van der Waals surface area contributed by atoms with Gasteiger partial charge in [0.25, 0.3) is 0 Å². The van der Waals surface area contributed by atoms with Crippen LogP contribution in [-0.4, -0.2) is 32.8 Å². The molecule has 16 heavy (non-hydrogen) atoms. The van der Waals surface area contributed by atoms with E-state index in [-0.39, 0.29) is 6.04 Å². The first-order valence-electron chi connectivity index (χ1n) is 5.59. The molecule has 0 bridgehead atoms. The second kappa shape index (κ2) is 5.62. The molecule has 0 aliphatic carbocycles. The van der Waals surface area contributed by atoms with E-state index in [4.69, 9.17) is 5.26 Å². The van der Waals surface area contributed by atoms with Crippen molar-refractivity contribution in [3.63, 3.8) is 0 Å². The first kappa shape index (κ1) is 13.4. The van der Waals surface area contributed by atoms with E-state index in [1.165, 1.54) is 6.92 Å². The van der Waals surface area contributed by atoms with Gasteiger partial charge in [0.15, 0.2) is 5.25 Å². The van der Waals surface area contributed by atoms with Crippen molar-refractivity contribution in [3.8, 4) is 6.07 Å². The highest BCUT2D eigenvalue weighted by Gasteiger charge is 2.27. The van der Waals surface area contributed by atoms with Gasteiger partial charge in [0.05, 0.1) is 6.07 Å². The number of hydrogen-bond acceptors (Lipinski definition) is 4. The van der Waals surface area contributed by atoms with Gasteiger partial charge in [-0.25, -0.2) is 13.1 Å². The lowest BCUT2D eigenvalue weighted by Crippen LogP contribution is -2.46. The van der Waals surface area contributed by atoms with Crippen LogP contribution < -0.4 is 10.0 Å². The highest BCUT2D eigenvalue weighted by Crippen LogP contribution is 2.15. The van der Waals surface area contributed by atoms with Crippen molar-refractivity contribution in [1.82, 2.24) is 10.0 Å². The molecule has 1 heterocycles. The molecule has 6 heteroatoms. The smallest absolute Gasteiger partial charge is 0.227 e. The summed E-state index contributed by atoms with van der Waals surface area (Å²) in [6.07, 6.45) is 2.10. The lowest BCUT2D eigenvalue weighted by atomic mass is 9.94. The van der Waals surface area contributed by atoms with Crippen LogP contribution in [0.5, 0.6) is 0 Å². The fourth-order valence-electron chi connectivity index (χ4n) is 1.83. The first-order valence-corrected chi connectivity index (χ1v) is 7.13. The molecule has 1 fully saturated rings. The van der Waals surface area contributed by atoms with Crippen molar-refractivity contribution in [2.45, 2.75) is 38.0 Å². The Hall–Kier alpha value is -0.640. The third-order valence-electron chi connectivity index (χ3n) is 3.04. The van der Waals surface area contributed by atoms with E-state index >= 15 is 0 Å². The summed E-state index contributed by atoms with van der Waals surface area (Å²) in [5.41, 5.74) is 0. The molecule has 0 aromatic rings. The van der Waals surface area contributed by atoms with Gasteiger partial charge in [0, 0.05) is 6.04 Å². The van der Waals surface area contributed by atoms with Crippen LogP contribution in [0.2, 0.25) is 0 Å². The standard InChI is InChI=1S/C10H19N3O2S/c1-8(6-11)16(14,15)13-9(2)10-4-3-5-12-7-10/h8-10,12-13H,3-5,7H2,1-2H3. The van der Waals surface area contributed by atoms with Crippen molar-refractivity contribution < 1.29 is 8.42 Å². The highest BCUT2D eigenvalue weighted by molar-refractivity contribution is 7.90. The second-order valence-electron chi connectivity index (χ2n) is 4.33. The van der Waals surface area contributed by atoms with Gasteiger partial charge in [-0.1, -0.05) is 0 Å². The maximum absolute atomic E-state index is 11.7. The Morgan fingerprint density at radius 2 is 2.19 bits per heavy atom. The fraction of sp³-hybridized carbons (Fsp3) is 0.900. The van der Waals surface area contributed by atoms with Gasteiger partial charge >= 0.3 is 0 Å². The minimum Gasteiger partial charge on any atom is -0.316 e. The highest BCUT2D eigenvalue weighted by atomic mass is 32.2. The van der Waals surface area contributed by atoms with E-state index < -0.39 is 15.3 Å². The molecule has 92 valence electrons. The van der Waals surface area contributed by atoms with Crippen LogP contribution >= 0.6 is 0 Å². The monoisotopic (exact) mass is 245 g/mol. The molecule has 3 unspecified atom stereocenters.